The number of halogens is 3. The molecule has 1 aromatic heterocycles. The van der Waals surface area contributed by atoms with Crippen molar-refractivity contribution >= 4 is 5.82 Å². The number of aryl methyl sites for hydroxylation is 1. The lowest BCUT2D eigenvalue weighted by molar-refractivity contribution is 0.442. The van der Waals surface area contributed by atoms with Crippen molar-refractivity contribution in [2.45, 2.75) is 19.9 Å². The Kier molecular flexibility index (Phi) is 4.47. The summed E-state index contributed by atoms with van der Waals surface area (Å²) in [5.74, 6) is -3.67. The van der Waals surface area contributed by atoms with Crippen LogP contribution in [-0.2, 0) is 0 Å². The second kappa shape index (κ2) is 6.13. The maximum Gasteiger partial charge on any atom is 0.194 e. The number of nitrogens with one attached hydrogen (secondary N) is 1. The molecule has 0 aliphatic heterocycles. The molecule has 6 heteroatoms. The first-order valence-corrected chi connectivity index (χ1v) is 6.54. The number of rotatable bonds is 4. The van der Waals surface area contributed by atoms with Gasteiger partial charge in [-0.15, -0.1) is 0 Å². The fraction of sp³-hybridized carbons (Fsp3) is 0.267. The van der Waals surface area contributed by atoms with Crippen LogP contribution in [0.15, 0.2) is 24.4 Å². The van der Waals surface area contributed by atoms with E-state index >= 15 is 0 Å². The molecule has 2 aromatic rings. The van der Waals surface area contributed by atoms with Crippen LogP contribution in [0.3, 0.4) is 0 Å². The van der Waals surface area contributed by atoms with Crippen molar-refractivity contribution in [2.75, 3.05) is 12.3 Å². The molecule has 3 nitrogen and oxygen atoms in total. The van der Waals surface area contributed by atoms with E-state index in [9.17, 15) is 13.2 Å². The number of benzene rings is 1. The minimum atomic E-state index is -1.48. The van der Waals surface area contributed by atoms with Crippen molar-refractivity contribution in [3.05, 3.63) is 58.5 Å². The van der Waals surface area contributed by atoms with E-state index in [1.807, 2.05) is 13.8 Å². The number of hydrogen-bond acceptors (Lipinski definition) is 3. The Hall–Kier alpha value is -2.08. The van der Waals surface area contributed by atoms with Gasteiger partial charge in [0.25, 0.3) is 0 Å². The highest BCUT2D eigenvalue weighted by Crippen LogP contribution is 2.30. The fourth-order valence-corrected chi connectivity index (χ4v) is 2.30. The Morgan fingerprint density at radius 2 is 1.86 bits per heavy atom. The number of hydrogen-bond donors (Lipinski definition) is 2. The average Bonchev–Trinajstić information content (AvgIpc) is 2.43. The summed E-state index contributed by atoms with van der Waals surface area (Å²) in [5.41, 5.74) is 7.60. The van der Waals surface area contributed by atoms with Gasteiger partial charge in [0.1, 0.15) is 5.82 Å². The molecular weight excluding hydrogens is 279 g/mol. The van der Waals surface area contributed by atoms with Crippen LogP contribution in [0.25, 0.3) is 0 Å². The number of anilines is 1. The van der Waals surface area contributed by atoms with E-state index in [1.54, 1.807) is 12.3 Å². The molecule has 0 bridgehead atoms. The number of nitrogens with zero attached hydrogens (tertiary/aromatic N) is 1. The van der Waals surface area contributed by atoms with Gasteiger partial charge in [0.05, 0.1) is 6.04 Å². The van der Waals surface area contributed by atoms with Gasteiger partial charge < -0.3 is 11.1 Å². The standard InChI is InChI=1S/C15H16F3N3/c1-3-20-14(12-8(2)4-5-21-15(12)19)9-6-10(16)13(18)11(17)7-9/h4-7,14,20H,3H2,1-2H3,(H2,19,21). The van der Waals surface area contributed by atoms with Crippen molar-refractivity contribution in [1.82, 2.24) is 10.3 Å². The third-order valence-electron chi connectivity index (χ3n) is 3.28. The number of nitrogens with two attached hydrogens (primary N) is 1. The summed E-state index contributed by atoms with van der Waals surface area (Å²) in [6.07, 6.45) is 1.56. The van der Waals surface area contributed by atoms with Crippen molar-refractivity contribution in [1.29, 1.82) is 0 Å². The highest BCUT2D eigenvalue weighted by molar-refractivity contribution is 5.50. The molecule has 0 saturated heterocycles. The molecule has 0 radical (unpaired) electrons. The first-order chi connectivity index (χ1) is 9.95. The monoisotopic (exact) mass is 295 g/mol. The summed E-state index contributed by atoms with van der Waals surface area (Å²) in [7, 11) is 0. The van der Waals surface area contributed by atoms with Gasteiger partial charge in [-0.3, -0.25) is 0 Å². The lowest BCUT2D eigenvalue weighted by Gasteiger charge is -2.22. The van der Waals surface area contributed by atoms with Gasteiger partial charge in [-0.05, 0) is 42.8 Å². The molecule has 0 spiro atoms. The molecule has 1 aromatic carbocycles. The molecule has 0 aliphatic rings. The minimum absolute atomic E-state index is 0.260. The predicted molar refractivity (Wildman–Crippen MR) is 75.2 cm³/mol. The van der Waals surface area contributed by atoms with E-state index in [0.29, 0.717) is 12.1 Å². The predicted octanol–water partition coefficient (Wildman–Crippen LogP) is 3.09. The molecule has 1 heterocycles. The molecule has 1 unspecified atom stereocenters. The third kappa shape index (κ3) is 3.00. The molecule has 0 amide bonds. The van der Waals surface area contributed by atoms with E-state index in [0.717, 1.165) is 17.7 Å². The van der Waals surface area contributed by atoms with Crippen LogP contribution in [0.4, 0.5) is 19.0 Å². The summed E-state index contributed by atoms with van der Waals surface area (Å²) >= 11 is 0. The third-order valence-corrected chi connectivity index (χ3v) is 3.28. The van der Waals surface area contributed by atoms with Crippen molar-refractivity contribution in [3.8, 4) is 0 Å². The molecule has 0 saturated carbocycles. The second-order valence-corrected chi connectivity index (χ2v) is 4.72. The van der Waals surface area contributed by atoms with Crippen molar-refractivity contribution < 1.29 is 13.2 Å². The smallest absolute Gasteiger partial charge is 0.194 e. The van der Waals surface area contributed by atoms with Crippen LogP contribution in [0, 0.1) is 24.4 Å². The van der Waals surface area contributed by atoms with E-state index in [-0.39, 0.29) is 11.4 Å². The zero-order chi connectivity index (χ0) is 15.6. The lowest BCUT2D eigenvalue weighted by atomic mass is 9.95. The Morgan fingerprint density at radius 3 is 2.38 bits per heavy atom. The number of pyridine rings is 1. The first-order valence-electron chi connectivity index (χ1n) is 6.54. The van der Waals surface area contributed by atoms with E-state index in [4.69, 9.17) is 5.73 Å². The van der Waals surface area contributed by atoms with Gasteiger partial charge in [-0.25, -0.2) is 18.2 Å². The lowest BCUT2D eigenvalue weighted by Crippen LogP contribution is -2.24. The number of aromatic nitrogens is 1. The van der Waals surface area contributed by atoms with Crippen LogP contribution in [0.1, 0.15) is 29.7 Å². The summed E-state index contributed by atoms with van der Waals surface area (Å²) in [6, 6.07) is 3.13. The Morgan fingerprint density at radius 1 is 1.24 bits per heavy atom. The summed E-state index contributed by atoms with van der Waals surface area (Å²) in [5, 5.41) is 3.09. The van der Waals surface area contributed by atoms with Crippen molar-refractivity contribution in [2.24, 2.45) is 0 Å². The summed E-state index contributed by atoms with van der Waals surface area (Å²) in [4.78, 5) is 4.01. The number of nitrogen functional groups attached to an aromatic ring is 1. The quantitative estimate of drug-likeness (QED) is 0.852. The average molecular weight is 295 g/mol. The van der Waals surface area contributed by atoms with E-state index in [2.05, 4.69) is 10.3 Å². The maximum atomic E-state index is 13.5. The molecule has 3 N–H and O–H groups in total. The largest absolute Gasteiger partial charge is 0.383 e. The highest BCUT2D eigenvalue weighted by Gasteiger charge is 2.22. The zero-order valence-electron chi connectivity index (χ0n) is 11.8. The van der Waals surface area contributed by atoms with E-state index < -0.39 is 23.5 Å². The van der Waals surface area contributed by atoms with Gasteiger partial charge in [0.2, 0.25) is 0 Å². The molecule has 0 fully saturated rings. The maximum absolute atomic E-state index is 13.5. The second-order valence-electron chi connectivity index (χ2n) is 4.72. The van der Waals surface area contributed by atoms with Crippen LogP contribution >= 0.6 is 0 Å². The normalized spacial score (nSPS) is 12.4. The van der Waals surface area contributed by atoms with Gasteiger partial charge >= 0.3 is 0 Å². The van der Waals surface area contributed by atoms with Crippen LogP contribution in [0.5, 0.6) is 0 Å². The summed E-state index contributed by atoms with van der Waals surface area (Å²) in [6.45, 7) is 4.22. The fourth-order valence-electron chi connectivity index (χ4n) is 2.30. The van der Waals surface area contributed by atoms with Gasteiger partial charge in [0.15, 0.2) is 17.5 Å². The van der Waals surface area contributed by atoms with Crippen molar-refractivity contribution in [3.63, 3.8) is 0 Å². The Labute approximate surface area is 121 Å². The molecule has 1 atom stereocenters. The molecular formula is C15H16F3N3. The van der Waals surface area contributed by atoms with Crippen LogP contribution in [-0.4, -0.2) is 11.5 Å². The topological polar surface area (TPSA) is 50.9 Å². The van der Waals surface area contributed by atoms with Gasteiger partial charge in [-0.1, -0.05) is 6.92 Å². The zero-order valence-corrected chi connectivity index (χ0v) is 11.8. The molecule has 112 valence electrons. The Bertz CT molecular complexity index is 615. The SMILES string of the molecule is CCNC(c1cc(F)c(F)c(F)c1)c1c(C)ccnc1N. The van der Waals surface area contributed by atoms with E-state index in [1.165, 1.54) is 0 Å². The van der Waals surface area contributed by atoms with Gasteiger partial charge in [0, 0.05) is 11.8 Å². The first kappa shape index (κ1) is 15.3. The Balaban J connectivity index is 2.59. The molecule has 21 heavy (non-hydrogen) atoms. The van der Waals surface area contributed by atoms with Crippen LogP contribution in [0.2, 0.25) is 0 Å². The highest BCUT2D eigenvalue weighted by atomic mass is 19.2. The molecule has 0 aliphatic carbocycles. The van der Waals surface area contributed by atoms with Crippen LogP contribution < -0.4 is 11.1 Å². The summed E-state index contributed by atoms with van der Waals surface area (Å²) < 4.78 is 40.0. The van der Waals surface area contributed by atoms with Gasteiger partial charge in [-0.2, -0.15) is 0 Å². The minimum Gasteiger partial charge on any atom is -0.383 e. The molecule has 2 rings (SSSR count).